The van der Waals surface area contributed by atoms with Gasteiger partial charge in [-0.15, -0.1) is 0 Å². The molecule has 1 unspecified atom stereocenters. The zero-order chi connectivity index (χ0) is 18.7. The molecule has 1 aliphatic rings. The van der Waals surface area contributed by atoms with Crippen molar-refractivity contribution in [2.75, 3.05) is 6.54 Å². The molecule has 0 radical (unpaired) electrons. The third-order valence-corrected chi connectivity index (χ3v) is 4.51. The van der Waals surface area contributed by atoms with Crippen molar-refractivity contribution in [1.82, 2.24) is 30.0 Å². The molecule has 2 aromatic rings. The molecular formula is C18H24N6O2. The maximum absolute atomic E-state index is 12.8. The average molecular weight is 356 g/mol. The van der Waals surface area contributed by atoms with Crippen LogP contribution in [0.3, 0.4) is 0 Å². The summed E-state index contributed by atoms with van der Waals surface area (Å²) in [7, 11) is 0. The monoisotopic (exact) mass is 356 g/mol. The first-order valence-electron chi connectivity index (χ1n) is 8.81. The molecule has 0 bridgehead atoms. The van der Waals surface area contributed by atoms with Gasteiger partial charge in [-0.1, -0.05) is 0 Å². The lowest BCUT2D eigenvalue weighted by Crippen LogP contribution is -2.34. The fourth-order valence-corrected chi connectivity index (χ4v) is 3.27. The van der Waals surface area contributed by atoms with E-state index in [2.05, 4.69) is 20.4 Å². The molecule has 2 amide bonds. The number of amides is 2. The van der Waals surface area contributed by atoms with Crippen LogP contribution in [0, 0.1) is 13.8 Å². The van der Waals surface area contributed by atoms with Crippen molar-refractivity contribution in [2.24, 2.45) is 0 Å². The molecule has 8 nitrogen and oxygen atoms in total. The summed E-state index contributed by atoms with van der Waals surface area (Å²) in [6, 6.07) is 3.61. The van der Waals surface area contributed by atoms with Crippen molar-refractivity contribution in [3.05, 3.63) is 41.2 Å². The molecule has 1 aliphatic heterocycles. The van der Waals surface area contributed by atoms with Gasteiger partial charge in [0.25, 0.3) is 0 Å². The maximum atomic E-state index is 12.8. The summed E-state index contributed by atoms with van der Waals surface area (Å²) in [5.74, 6) is 0.550. The molecule has 0 saturated carbocycles. The molecule has 1 fully saturated rings. The van der Waals surface area contributed by atoms with Crippen LogP contribution in [-0.2, 0) is 22.7 Å². The van der Waals surface area contributed by atoms with Gasteiger partial charge in [-0.2, -0.15) is 5.10 Å². The minimum atomic E-state index is -0.128. The van der Waals surface area contributed by atoms with Crippen molar-refractivity contribution in [3.63, 3.8) is 0 Å². The molecule has 3 rings (SSSR count). The number of nitrogens with one attached hydrogen (secondary N) is 1. The van der Waals surface area contributed by atoms with Crippen molar-refractivity contribution >= 4 is 11.8 Å². The summed E-state index contributed by atoms with van der Waals surface area (Å²) >= 11 is 0. The van der Waals surface area contributed by atoms with Crippen molar-refractivity contribution in [1.29, 1.82) is 0 Å². The molecule has 8 heteroatoms. The molecule has 3 heterocycles. The molecule has 0 aromatic carbocycles. The van der Waals surface area contributed by atoms with Gasteiger partial charge in [-0.3, -0.25) is 14.3 Å². The Balaban J connectivity index is 1.73. The van der Waals surface area contributed by atoms with Crippen LogP contribution in [0.15, 0.2) is 18.3 Å². The number of carbonyl (C=O) groups is 2. The Morgan fingerprint density at radius 3 is 2.85 bits per heavy atom. The third kappa shape index (κ3) is 4.07. The van der Waals surface area contributed by atoms with Gasteiger partial charge in [0.05, 0.1) is 24.0 Å². The van der Waals surface area contributed by atoms with Crippen LogP contribution >= 0.6 is 0 Å². The number of aromatic nitrogens is 4. The molecule has 26 heavy (non-hydrogen) atoms. The number of rotatable bonds is 5. The highest BCUT2D eigenvalue weighted by Gasteiger charge is 2.32. The lowest BCUT2D eigenvalue weighted by Gasteiger charge is -2.24. The Hall–Kier alpha value is -2.77. The van der Waals surface area contributed by atoms with Crippen molar-refractivity contribution in [2.45, 2.75) is 52.7 Å². The van der Waals surface area contributed by atoms with Crippen LogP contribution in [0.2, 0.25) is 0 Å². The zero-order valence-corrected chi connectivity index (χ0v) is 15.4. The minimum Gasteiger partial charge on any atom is -0.351 e. The van der Waals surface area contributed by atoms with E-state index in [-0.39, 0.29) is 24.4 Å². The summed E-state index contributed by atoms with van der Waals surface area (Å²) in [4.78, 5) is 34.7. The number of likely N-dealkylation sites (tertiary alicyclic amines) is 1. The lowest BCUT2D eigenvalue weighted by molar-refractivity contribution is -0.133. The lowest BCUT2D eigenvalue weighted by atomic mass is 10.2. The van der Waals surface area contributed by atoms with Gasteiger partial charge in [0.15, 0.2) is 5.82 Å². The van der Waals surface area contributed by atoms with E-state index in [9.17, 15) is 9.59 Å². The second-order valence-corrected chi connectivity index (χ2v) is 6.65. The smallest absolute Gasteiger partial charge is 0.244 e. The van der Waals surface area contributed by atoms with Crippen LogP contribution in [0.25, 0.3) is 0 Å². The van der Waals surface area contributed by atoms with Crippen molar-refractivity contribution < 1.29 is 9.59 Å². The fourth-order valence-electron chi connectivity index (χ4n) is 3.27. The highest BCUT2D eigenvalue weighted by molar-refractivity contribution is 5.76. The van der Waals surface area contributed by atoms with E-state index in [1.54, 1.807) is 16.9 Å². The summed E-state index contributed by atoms with van der Waals surface area (Å²) in [6.07, 6.45) is 3.45. The second-order valence-electron chi connectivity index (χ2n) is 6.65. The van der Waals surface area contributed by atoms with Crippen LogP contribution in [0.4, 0.5) is 0 Å². The van der Waals surface area contributed by atoms with Gasteiger partial charge >= 0.3 is 0 Å². The number of nitrogens with zero attached hydrogens (tertiary/aromatic N) is 5. The van der Waals surface area contributed by atoms with Gasteiger partial charge in [-0.25, -0.2) is 9.97 Å². The molecule has 138 valence electrons. The first-order valence-corrected chi connectivity index (χ1v) is 8.81. The predicted molar refractivity (Wildman–Crippen MR) is 94.9 cm³/mol. The number of hydrogen-bond acceptors (Lipinski definition) is 5. The molecule has 1 N–H and O–H groups in total. The van der Waals surface area contributed by atoms with E-state index in [1.165, 1.54) is 6.92 Å². The topological polar surface area (TPSA) is 93.0 Å². The van der Waals surface area contributed by atoms with Gasteiger partial charge in [0, 0.05) is 25.4 Å². The maximum Gasteiger partial charge on any atom is 0.244 e. The SMILES string of the molecule is CC(=O)NCc1ccnc(C2CCCN2C(=O)Cn2nc(C)cc2C)n1. The first kappa shape index (κ1) is 18.0. The molecule has 0 aliphatic carbocycles. The standard InChI is InChI=1S/C18H24N6O2/c1-12-9-13(2)24(22-12)11-17(26)23-8-4-5-16(23)18-19-7-6-15(21-18)10-20-14(3)25/h6-7,9,16H,4-5,8,10-11H2,1-3H3,(H,20,25). The molecular weight excluding hydrogens is 332 g/mol. The van der Waals surface area contributed by atoms with Crippen LogP contribution in [-0.4, -0.2) is 43.0 Å². The fraction of sp³-hybridized carbons (Fsp3) is 0.500. The first-order chi connectivity index (χ1) is 12.4. The van der Waals surface area contributed by atoms with E-state index in [0.717, 1.165) is 29.9 Å². The highest BCUT2D eigenvalue weighted by atomic mass is 16.2. The van der Waals surface area contributed by atoms with Gasteiger partial charge < -0.3 is 10.2 Å². The highest BCUT2D eigenvalue weighted by Crippen LogP contribution is 2.30. The molecule has 0 spiro atoms. The van der Waals surface area contributed by atoms with E-state index < -0.39 is 0 Å². The average Bonchev–Trinajstić information content (AvgIpc) is 3.20. The van der Waals surface area contributed by atoms with Gasteiger partial charge in [-0.05, 0) is 38.8 Å². The van der Waals surface area contributed by atoms with Gasteiger partial charge in [0.2, 0.25) is 11.8 Å². The number of aryl methyl sites for hydroxylation is 2. The Labute approximate surface area is 152 Å². The molecule has 2 aromatic heterocycles. The molecule has 1 atom stereocenters. The number of carbonyl (C=O) groups excluding carboxylic acids is 2. The van der Waals surface area contributed by atoms with Crippen LogP contribution in [0.1, 0.15) is 48.7 Å². The van der Waals surface area contributed by atoms with E-state index in [0.29, 0.717) is 18.9 Å². The van der Waals surface area contributed by atoms with Crippen molar-refractivity contribution in [3.8, 4) is 0 Å². The predicted octanol–water partition coefficient (Wildman–Crippen LogP) is 1.29. The van der Waals surface area contributed by atoms with Crippen LogP contribution < -0.4 is 5.32 Å². The largest absolute Gasteiger partial charge is 0.351 e. The summed E-state index contributed by atoms with van der Waals surface area (Å²) in [6.45, 7) is 6.62. The normalized spacial score (nSPS) is 16.7. The molecule has 1 saturated heterocycles. The number of hydrogen-bond donors (Lipinski definition) is 1. The van der Waals surface area contributed by atoms with Crippen LogP contribution in [0.5, 0.6) is 0 Å². The minimum absolute atomic E-state index is 0.0227. The summed E-state index contributed by atoms with van der Waals surface area (Å²) < 4.78 is 1.74. The van der Waals surface area contributed by atoms with Gasteiger partial charge in [0.1, 0.15) is 6.54 Å². The van der Waals surface area contributed by atoms with E-state index >= 15 is 0 Å². The third-order valence-electron chi connectivity index (χ3n) is 4.51. The quantitative estimate of drug-likeness (QED) is 0.871. The summed E-state index contributed by atoms with van der Waals surface area (Å²) in [5.41, 5.74) is 2.62. The summed E-state index contributed by atoms with van der Waals surface area (Å²) in [5, 5.41) is 7.11. The Morgan fingerprint density at radius 1 is 1.35 bits per heavy atom. The zero-order valence-electron chi connectivity index (χ0n) is 15.4. The van der Waals surface area contributed by atoms with E-state index in [1.807, 2.05) is 24.8 Å². The van der Waals surface area contributed by atoms with E-state index in [4.69, 9.17) is 0 Å². The second kappa shape index (κ2) is 7.63. The Morgan fingerprint density at radius 2 is 2.15 bits per heavy atom. The Bertz CT molecular complexity index is 816. The Kier molecular flexibility index (Phi) is 5.29.